The molecule has 2 aromatic rings. The number of fused-ring (bicyclic) bond motifs is 1. The minimum absolute atomic E-state index is 0.270. The number of esters is 1. The van der Waals surface area contributed by atoms with Gasteiger partial charge in [-0.1, -0.05) is 24.3 Å². The summed E-state index contributed by atoms with van der Waals surface area (Å²) in [6.07, 6.45) is 2.61. The molecule has 1 aromatic carbocycles. The molecule has 5 nitrogen and oxygen atoms in total. The first-order valence-corrected chi connectivity index (χ1v) is 7.96. The number of pyridine rings is 1. The van der Waals surface area contributed by atoms with Gasteiger partial charge in [0.15, 0.2) is 0 Å². The van der Waals surface area contributed by atoms with Crippen molar-refractivity contribution < 1.29 is 9.53 Å². The number of carbonyl (C=O) groups excluding carboxylic acids is 1. The Hall–Kier alpha value is -2.40. The van der Waals surface area contributed by atoms with Crippen molar-refractivity contribution in [3.8, 4) is 0 Å². The molecule has 0 saturated heterocycles. The van der Waals surface area contributed by atoms with Crippen LogP contribution in [-0.2, 0) is 11.2 Å². The van der Waals surface area contributed by atoms with Crippen LogP contribution in [0.3, 0.4) is 0 Å². The second-order valence-electron chi connectivity index (χ2n) is 5.49. The Kier molecular flexibility index (Phi) is 4.88. The molecule has 120 valence electrons. The van der Waals surface area contributed by atoms with E-state index >= 15 is 0 Å². The van der Waals surface area contributed by atoms with Crippen LogP contribution in [-0.4, -0.2) is 30.6 Å². The lowest BCUT2D eigenvalue weighted by atomic mass is 9.94. The summed E-state index contributed by atoms with van der Waals surface area (Å²) >= 11 is 0. The third-order valence-electron chi connectivity index (χ3n) is 3.98. The van der Waals surface area contributed by atoms with Crippen molar-refractivity contribution in [2.24, 2.45) is 0 Å². The maximum atomic E-state index is 11.6. The first-order valence-electron chi connectivity index (χ1n) is 7.96. The van der Waals surface area contributed by atoms with Crippen molar-refractivity contribution in [2.75, 3.05) is 25.0 Å². The van der Waals surface area contributed by atoms with Crippen LogP contribution in [0.4, 0.5) is 5.82 Å². The van der Waals surface area contributed by atoms with Gasteiger partial charge in [-0.25, -0.2) is 9.78 Å². The lowest BCUT2D eigenvalue weighted by Gasteiger charge is -2.27. The maximum Gasteiger partial charge on any atom is 0.339 e. The van der Waals surface area contributed by atoms with Crippen molar-refractivity contribution in [1.82, 2.24) is 10.3 Å². The van der Waals surface area contributed by atoms with Crippen molar-refractivity contribution in [2.45, 2.75) is 19.4 Å². The zero-order valence-electron chi connectivity index (χ0n) is 13.2. The first kappa shape index (κ1) is 15.5. The normalized spacial score (nSPS) is 16.5. The van der Waals surface area contributed by atoms with E-state index in [0.29, 0.717) is 12.2 Å². The molecule has 0 aliphatic carbocycles. The Morgan fingerprint density at radius 1 is 1.35 bits per heavy atom. The van der Waals surface area contributed by atoms with E-state index in [1.807, 2.05) is 0 Å². The largest absolute Gasteiger partial charge is 0.462 e. The van der Waals surface area contributed by atoms with E-state index in [4.69, 9.17) is 4.74 Å². The number of hydrogen-bond donors (Lipinski definition) is 2. The minimum atomic E-state index is -0.338. The molecule has 2 heterocycles. The van der Waals surface area contributed by atoms with Gasteiger partial charge in [0.05, 0.1) is 12.2 Å². The van der Waals surface area contributed by atoms with Crippen LogP contribution in [0.5, 0.6) is 0 Å². The van der Waals surface area contributed by atoms with Crippen molar-refractivity contribution >= 4 is 11.8 Å². The summed E-state index contributed by atoms with van der Waals surface area (Å²) in [5, 5.41) is 6.86. The van der Waals surface area contributed by atoms with Gasteiger partial charge in [0.2, 0.25) is 0 Å². The van der Waals surface area contributed by atoms with Gasteiger partial charge in [0.25, 0.3) is 0 Å². The van der Waals surface area contributed by atoms with Gasteiger partial charge in [-0.2, -0.15) is 0 Å². The number of rotatable bonds is 5. The first-order chi connectivity index (χ1) is 11.3. The summed E-state index contributed by atoms with van der Waals surface area (Å²) < 4.78 is 4.95. The lowest BCUT2D eigenvalue weighted by Crippen LogP contribution is -2.34. The molecule has 1 atom stereocenters. The van der Waals surface area contributed by atoms with Gasteiger partial charge in [-0.05, 0) is 43.1 Å². The Bertz CT molecular complexity index is 670. The minimum Gasteiger partial charge on any atom is -0.462 e. The van der Waals surface area contributed by atoms with Crippen molar-refractivity contribution in [1.29, 1.82) is 0 Å². The predicted octanol–water partition coefficient (Wildman–Crippen LogP) is 2.56. The third-order valence-corrected chi connectivity index (χ3v) is 3.98. The third kappa shape index (κ3) is 3.68. The Labute approximate surface area is 136 Å². The van der Waals surface area contributed by atoms with E-state index in [9.17, 15) is 4.79 Å². The number of aromatic nitrogens is 1. The SMILES string of the molecule is CCOC(=O)c1ccc(NCC2NCCc3ccccc32)nc1. The summed E-state index contributed by atoms with van der Waals surface area (Å²) in [5.74, 6) is 0.414. The molecule has 23 heavy (non-hydrogen) atoms. The van der Waals surface area contributed by atoms with Crippen molar-refractivity contribution in [3.63, 3.8) is 0 Å². The van der Waals surface area contributed by atoms with Gasteiger partial charge in [0.1, 0.15) is 5.82 Å². The Morgan fingerprint density at radius 2 is 2.22 bits per heavy atom. The van der Waals surface area contributed by atoms with Gasteiger partial charge in [0, 0.05) is 18.8 Å². The molecule has 0 spiro atoms. The van der Waals surface area contributed by atoms with Crippen LogP contribution in [0.1, 0.15) is 34.5 Å². The van der Waals surface area contributed by atoms with Gasteiger partial charge >= 0.3 is 5.97 Å². The van der Waals surface area contributed by atoms with E-state index in [2.05, 4.69) is 39.9 Å². The molecule has 1 aliphatic rings. The number of anilines is 1. The fourth-order valence-electron chi connectivity index (χ4n) is 2.82. The summed E-state index contributed by atoms with van der Waals surface area (Å²) in [4.78, 5) is 15.9. The smallest absolute Gasteiger partial charge is 0.339 e. The number of ether oxygens (including phenoxy) is 1. The molecule has 0 fully saturated rings. The molecule has 0 amide bonds. The van der Waals surface area contributed by atoms with Crippen LogP contribution < -0.4 is 10.6 Å². The number of nitrogens with one attached hydrogen (secondary N) is 2. The predicted molar refractivity (Wildman–Crippen MR) is 89.6 cm³/mol. The zero-order chi connectivity index (χ0) is 16.1. The van der Waals surface area contributed by atoms with E-state index in [0.717, 1.165) is 25.3 Å². The summed E-state index contributed by atoms with van der Waals surface area (Å²) in [6.45, 7) is 3.89. The van der Waals surface area contributed by atoms with E-state index in [1.165, 1.54) is 11.1 Å². The zero-order valence-corrected chi connectivity index (χ0v) is 13.2. The summed E-state index contributed by atoms with van der Waals surface area (Å²) in [6, 6.07) is 12.3. The number of carbonyl (C=O) groups is 1. The molecule has 0 bridgehead atoms. The van der Waals surface area contributed by atoms with Gasteiger partial charge in [-0.15, -0.1) is 0 Å². The van der Waals surface area contributed by atoms with Gasteiger partial charge in [-0.3, -0.25) is 0 Å². The molecule has 1 aromatic heterocycles. The highest BCUT2D eigenvalue weighted by molar-refractivity contribution is 5.89. The lowest BCUT2D eigenvalue weighted by molar-refractivity contribution is 0.0526. The standard InChI is InChI=1S/C18H21N3O2/c1-2-23-18(22)14-7-8-17(20-11-14)21-12-16-15-6-4-3-5-13(15)9-10-19-16/h3-8,11,16,19H,2,9-10,12H2,1H3,(H,20,21). The fourth-order valence-corrected chi connectivity index (χ4v) is 2.82. The molecule has 0 radical (unpaired) electrons. The molecular weight excluding hydrogens is 290 g/mol. The molecule has 0 saturated carbocycles. The van der Waals surface area contributed by atoms with E-state index < -0.39 is 0 Å². The van der Waals surface area contributed by atoms with Crippen LogP contribution >= 0.6 is 0 Å². The van der Waals surface area contributed by atoms with Crippen LogP contribution in [0.15, 0.2) is 42.6 Å². The highest BCUT2D eigenvalue weighted by atomic mass is 16.5. The monoisotopic (exact) mass is 311 g/mol. The molecule has 2 N–H and O–H groups in total. The summed E-state index contributed by atoms with van der Waals surface area (Å²) in [7, 11) is 0. The summed E-state index contributed by atoms with van der Waals surface area (Å²) in [5.41, 5.74) is 3.22. The Balaban J connectivity index is 1.62. The molecule has 1 aliphatic heterocycles. The molecular formula is C18H21N3O2. The average Bonchev–Trinajstić information content (AvgIpc) is 2.60. The van der Waals surface area contributed by atoms with Gasteiger partial charge < -0.3 is 15.4 Å². The van der Waals surface area contributed by atoms with Crippen LogP contribution in [0.2, 0.25) is 0 Å². The number of nitrogens with zero attached hydrogens (tertiary/aromatic N) is 1. The Morgan fingerprint density at radius 3 is 3.00 bits per heavy atom. The van der Waals surface area contributed by atoms with E-state index in [-0.39, 0.29) is 12.0 Å². The average molecular weight is 311 g/mol. The number of benzene rings is 1. The quantitative estimate of drug-likeness (QED) is 0.831. The molecule has 5 heteroatoms. The fraction of sp³-hybridized carbons (Fsp3) is 0.333. The van der Waals surface area contributed by atoms with E-state index in [1.54, 1.807) is 25.3 Å². The topological polar surface area (TPSA) is 63.2 Å². The molecule has 1 unspecified atom stereocenters. The van der Waals surface area contributed by atoms with Crippen LogP contribution in [0, 0.1) is 0 Å². The van der Waals surface area contributed by atoms with Crippen molar-refractivity contribution in [3.05, 3.63) is 59.3 Å². The maximum absolute atomic E-state index is 11.6. The molecule has 3 rings (SSSR count). The highest BCUT2D eigenvalue weighted by Crippen LogP contribution is 2.22. The second kappa shape index (κ2) is 7.24. The van der Waals surface area contributed by atoms with Crippen LogP contribution in [0.25, 0.3) is 0 Å². The number of hydrogen-bond acceptors (Lipinski definition) is 5. The highest BCUT2D eigenvalue weighted by Gasteiger charge is 2.18. The second-order valence-corrected chi connectivity index (χ2v) is 5.49.